The van der Waals surface area contributed by atoms with Gasteiger partial charge in [-0.1, -0.05) is 18.2 Å². The lowest BCUT2D eigenvalue weighted by Gasteiger charge is -2.09. The standard InChI is InChI=1S/C18H21NO4S/c1-5-23-18(21)16-11(2)12(3)24-17(16)19-15(20)10-13-8-6-7-9-14(13)22-4/h6-9H,5,10H2,1-4H3,(H,19,20). The fraction of sp³-hybridized carbons (Fsp3) is 0.333. The van der Waals surface area contributed by atoms with Gasteiger partial charge in [-0.3, -0.25) is 4.79 Å². The molecule has 0 saturated carbocycles. The number of methoxy groups -OCH3 is 1. The van der Waals surface area contributed by atoms with E-state index in [9.17, 15) is 9.59 Å². The van der Waals surface area contributed by atoms with Crippen LogP contribution < -0.4 is 10.1 Å². The lowest BCUT2D eigenvalue weighted by atomic mass is 10.1. The van der Waals surface area contributed by atoms with Crippen LogP contribution in [0.3, 0.4) is 0 Å². The Morgan fingerprint density at radius 2 is 1.92 bits per heavy atom. The van der Waals surface area contributed by atoms with Gasteiger partial charge in [0, 0.05) is 10.4 Å². The Labute approximate surface area is 145 Å². The number of thiophene rings is 1. The maximum absolute atomic E-state index is 12.4. The van der Waals surface area contributed by atoms with Crippen LogP contribution in [0.15, 0.2) is 24.3 Å². The summed E-state index contributed by atoms with van der Waals surface area (Å²) in [4.78, 5) is 25.5. The molecule has 0 aliphatic carbocycles. The number of anilines is 1. The smallest absolute Gasteiger partial charge is 0.341 e. The molecule has 0 aliphatic heterocycles. The van der Waals surface area contributed by atoms with Crippen molar-refractivity contribution in [1.29, 1.82) is 0 Å². The number of esters is 1. The van der Waals surface area contributed by atoms with Crippen LogP contribution in [-0.2, 0) is 16.0 Å². The van der Waals surface area contributed by atoms with Crippen molar-refractivity contribution >= 4 is 28.2 Å². The van der Waals surface area contributed by atoms with E-state index in [4.69, 9.17) is 9.47 Å². The number of ether oxygens (including phenoxy) is 2. The molecule has 0 spiro atoms. The Bertz CT molecular complexity index is 751. The largest absolute Gasteiger partial charge is 0.496 e. The molecule has 0 fully saturated rings. The highest BCUT2D eigenvalue weighted by Crippen LogP contribution is 2.33. The molecule has 128 valence electrons. The van der Waals surface area contributed by atoms with Crippen LogP contribution in [0.25, 0.3) is 0 Å². The van der Waals surface area contributed by atoms with Crippen molar-refractivity contribution in [3.05, 3.63) is 45.8 Å². The van der Waals surface area contributed by atoms with Gasteiger partial charge in [0.1, 0.15) is 10.8 Å². The summed E-state index contributed by atoms with van der Waals surface area (Å²) in [6.45, 7) is 5.82. The predicted octanol–water partition coefficient (Wildman–Crippen LogP) is 3.73. The quantitative estimate of drug-likeness (QED) is 0.809. The second-order valence-electron chi connectivity index (χ2n) is 5.24. The van der Waals surface area contributed by atoms with Crippen molar-refractivity contribution < 1.29 is 19.1 Å². The van der Waals surface area contributed by atoms with Crippen LogP contribution >= 0.6 is 11.3 Å². The molecule has 5 nitrogen and oxygen atoms in total. The molecule has 0 aliphatic rings. The number of carbonyl (C=O) groups excluding carboxylic acids is 2. The van der Waals surface area contributed by atoms with Gasteiger partial charge in [0.25, 0.3) is 0 Å². The minimum absolute atomic E-state index is 0.169. The average molecular weight is 347 g/mol. The molecule has 1 heterocycles. The molecular formula is C18H21NO4S. The van der Waals surface area contributed by atoms with Crippen molar-refractivity contribution in [2.45, 2.75) is 27.2 Å². The van der Waals surface area contributed by atoms with Crippen LogP contribution in [0.5, 0.6) is 5.75 Å². The zero-order chi connectivity index (χ0) is 17.7. The molecule has 24 heavy (non-hydrogen) atoms. The molecule has 0 unspecified atom stereocenters. The molecule has 0 saturated heterocycles. The van der Waals surface area contributed by atoms with E-state index in [0.717, 1.165) is 16.0 Å². The Balaban J connectivity index is 2.20. The number of rotatable bonds is 6. The van der Waals surface area contributed by atoms with Crippen LogP contribution in [0, 0.1) is 13.8 Å². The molecule has 0 radical (unpaired) electrons. The lowest BCUT2D eigenvalue weighted by Crippen LogP contribution is -2.17. The minimum atomic E-state index is -0.410. The van der Waals surface area contributed by atoms with E-state index in [2.05, 4.69) is 5.32 Å². The summed E-state index contributed by atoms with van der Waals surface area (Å²) < 4.78 is 10.4. The van der Waals surface area contributed by atoms with Crippen LogP contribution in [-0.4, -0.2) is 25.6 Å². The van der Waals surface area contributed by atoms with Crippen LogP contribution in [0.2, 0.25) is 0 Å². The highest BCUT2D eigenvalue weighted by atomic mass is 32.1. The number of benzene rings is 1. The zero-order valence-corrected chi connectivity index (χ0v) is 15.1. The van der Waals surface area contributed by atoms with E-state index in [1.54, 1.807) is 14.0 Å². The Morgan fingerprint density at radius 3 is 2.58 bits per heavy atom. The summed E-state index contributed by atoms with van der Waals surface area (Å²) in [5.41, 5.74) is 2.07. The summed E-state index contributed by atoms with van der Waals surface area (Å²) in [7, 11) is 1.57. The van der Waals surface area contributed by atoms with E-state index < -0.39 is 5.97 Å². The van der Waals surface area contributed by atoms with E-state index in [-0.39, 0.29) is 12.3 Å². The monoisotopic (exact) mass is 347 g/mol. The SMILES string of the molecule is CCOC(=O)c1c(NC(=O)Cc2ccccc2OC)sc(C)c1C. The molecule has 6 heteroatoms. The molecule has 0 bridgehead atoms. The number of aryl methyl sites for hydroxylation is 1. The summed E-state index contributed by atoms with van der Waals surface area (Å²) in [6, 6.07) is 7.36. The van der Waals surface area contributed by atoms with Gasteiger partial charge in [-0.15, -0.1) is 11.3 Å². The van der Waals surface area contributed by atoms with Gasteiger partial charge in [0.15, 0.2) is 0 Å². The number of hydrogen-bond donors (Lipinski definition) is 1. The van der Waals surface area contributed by atoms with E-state index >= 15 is 0 Å². The van der Waals surface area contributed by atoms with Gasteiger partial charge in [-0.05, 0) is 32.4 Å². The summed E-state index contributed by atoms with van der Waals surface area (Å²) in [5.74, 6) is 0.0510. The summed E-state index contributed by atoms with van der Waals surface area (Å²) >= 11 is 1.38. The lowest BCUT2D eigenvalue weighted by molar-refractivity contribution is -0.115. The third kappa shape index (κ3) is 3.94. The molecular weight excluding hydrogens is 326 g/mol. The van der Waals surface area contributed by atoms with E-state index in [1.165, 1.54) is 11.3 Å². The first kappa shape index (κ1) is 18.0. The highest BCUT2D eigenvalue weighted by molar-refractivity contribution is 7.16. The van der Waals surface area contributed by atoms with E-state index in [1.807, 2.05) is 38.1 Å². The fourth-order valence-electron chi connectivity index (χ4n) is 2.36. The first-order valence-corrected chi connectivity index (χ1v) is 8.48. The molecule has 1 N–H and O–H groups in total. The van der Waals surface area contributed by atoms with Gasteiger partial charge < -0.3 is 14.8 Å². The Kier molecular flexibility index (Phi) is 5.98. The minimum Gasteiger partial charge on any atom is -0.496 e. The maximum atomic E-state index is 12.4. The van der Waals surface area contributed by atoms with Crippen LogP contribution in [0.1, 0.15) is 33.3 Å². The van der Waals surface area contributed by atoms with Crippen molar-refractivity contribution in [3.8, 4) is 5.75 Å². The summed E-state index contributed by atoms with van der Waals surface area (Å²) in [5, 5.41) is 3.37. The van der Waals surface area contributed by atoms with Gasteiger partial charge in [0.2, 0.25) is 5.91 Å². The summed E-state index contributed by atoms with van der Waals surface area (Å²) in [6.07, 6.45) is 0.169. The number of carbonyl (C=O) groups is 2. The third-order valence-electron chi connectivity index (χ3n) is 3.66. The fourth-order valence-corrected chi connectivity index (χ4v) is 3.42. The van der Waals surface area contributed by atoms with Gasteiger partial charge in [0.05, 0.1) is 25.7 Å². The number of amides is 1. The van der Waals surface area contributed by atoms with Gasteiger partial charge in [-0.25, -0.2) is 4.79 Å². The average Bonchev–Trinajstić information content (AvgIpc) is 2.82. The highest BCUT2D eigenvalue weighted by Gasteiger charge is 2.22. The van der Waals surface area contributed by atoms with Crippen molar-refractivity contribution in [3.63, 3.8) is 0 Å². The molecule has 1 aromatic carbocycles. The molecule has 1 aromatic heterocycles. The first-order chi connectivity index (χ1) is 11.5. The predicted molar refractivity (Wildman–Crippen MR) is 95.1 cm³/mol. The Hall–Kier alpha value is -2.34. The first-order valence-electron chi connectivity index (χ1n) is 7.66. The Morgan fingerprint density at radius 1 is 1.21 bits per heavy atom. The van der Waals surface area contributed by atoms with Crippen molar-refractivity contribution in [2.75, 3.05) is 19.0 Å². The second kappa shape index (κ2) is 7.97. The number of hydrogen-bond acceptors (Lipinski definition) is 5. The normalized spacial score (nSPS) is 10.3. The van der Waals surface area contributed by atoms with Crippen molar-refractivity contribution in [2.24, 2.45) is 0 Å². The van der Waals surface area contributed by atoms with Gasteiger partial charge in [-0.2, -0.15) is 0 Å². The van der Waals surface area contributed by atoms with Crippen molar-refractivity contribution in [1.82, 2.24) is 0 Å². The maximum Gasteiger partial charge on any atom is 0.341 e. The molecule has 2 rings (SSSR count). The molecule has 1 amide bonds. The molecule has 2 aromatic rings. The number of nitrogens with one attached hydrogen (secondary N) is 1. The van der Waals surface area contributed by atoms with Gasteiger partial charge >= 0.3 is 5.97 Å². The zero-order valence-electron chi connectivity index (χ0n) is 14.3. The van der Waals surface area contributed by atoms with E-state index in [0.29, 0.717) is 22.9 Å². The number of para-hydroxylation sites is 1. The molecule has 0 atom stereocenters. The third-order valence-corrected chi connectivity index (χ3v) is 4.78. The van der Waals surface area contributed by atoms with Crippen LogP contribution in [0.4, 0.5) is 5.00 Å². The topological polar surface area (TPSA) is 64.6 Å². The second-order valence-corrected chi connectivity index (χ2v) is 6.47.